The third-order valence-electron chi connectivity index (χ3n) is 12.2. The summed E-state index contributed by atoms with van der Waals surface area (Å²) in [5, 5.41) is 23.8. The molecular weight excluding hydrogens is 755 g/mol. The average molecular weight is 858 g/mol. The van der Waals surface area contributed by atoms with Crippen LogP contribution in [0.1, 0.15) is 278 Å². The van der Waals surface area contributed by atoms with E-state index in [9.17, 15) is 19.8 Å². The Kier molecular flexibility index (Phi) is 47.6. The summed E-state index contributed by atoms with van der Waals surface area (Å²) >= 11 is 0. The van der Waals surface area contributed by atoms with Crippen LogP contribution in [0.25, 0.3) is 0 Å². The largest absolute Gasteiger partial charge is 0.462 e. The van der Waals surface area contributed by atoms with Crippen molar-refractivity contribution in [2.75, 3.05) is 6.61 Å². The van der Waals surface area contributed by atoms with E-state index >= 15 is 0 Å². The van der Waals surface area contributed by atoms with Crippen molar-refractivity contribution in [1.82, 2.24) is 5.32 Å². The third kappa shape index (κ3) is 44.5. The molecule has 0 aromatic heterocycles. The zero-order valence-electron chi connectivity index (χ0n) is 40.8. The molecule has 6 heteroatoms. The van der Waals surface area contributed by atoms with Crippen molar-refractivity contribution >= 4 is 11.9 Å². The average Bonchev–Trinajstić information content (AvgIpc) is 3.25. The molecule has 1 amide bonds. The number of hydrogen-bond acceptors (Lipinski definition) is 5. The summed E-state index contributed by atoms with van der Waals surface area (Å²) in [7, 11) is 0. The van der Waals surface area contributed by atoms with Crippen molar-refractivity contribution in [3.05, 3.63) is 36.5 Å². The lowest BCUT2D eigenvalue weighted by Crippen LogP contribution is -2.46. The predicted molar refractivity (Wildman–Crippen MR) is 264 cm³/mol. The van der Waals surface area contributed by atoms with Crippen molar-refractivity contribution in [2.45, 2.75) is 296 Å². The minimum atomic E-state index is -0.791. The van der Waals surface area contributed by atoms with Gasteiger partial charge < -0.3 is 20.3 Å². The maximum Gasteiger partial charge on any atom is 0.306 e. The number of ether oxygens (including phenoxy) is 1. The highest BCUT2D eigenvalue weighted by molar-refractivity contribution is 5.77. The van der Waals surface area contributed by atoms with E-state index in [1.165, 1.54) is 148 Å². The van der Waals surface area contributed by atoms with Gasteiger partial charge in [0.25, 0.3) is 0 Å². The number of aliphatic hydroxyl groups is 2. The molecule has 358 valence electrons. The molecule has 0 saturated carbocycles. The van der Waals surface area contributed by atoms with Crippen LogP contribution in [0, 0.1) is 0 Å². The van der Waals surface area contributed by atoms with Crippen LogP contribution in [0.4, 0.5) is 0 Å². The molecule has 0 aromatic carbocycles. The van der Waals surface area contributed by atoms with Gasteiger partial charge in [-0.1, -0.05) is 243 Å². The summed E-state index contributed by atoms with van der Waals surface area (Å²) in [5.41, 5.74) is 0. The standard InChI is InChI=1S/C55H103NO5/c1-4-7-10-13-16-19-22-25-27-30-32-35-38-41-44-47-53(58)52(50-57)56-54(59)49-51(46-43-40-37-34-31-29-26-23-20-17-14-11-8-5-2)61-55(60)48-45-42-39-36-33-28-24-21-18-15-12-9-6-3/h8,11,17,20,26,29,51-53,57-58H,4-7,9-10,12-16,18-19,21-25,27-28,30-50H2,1-3H3,(H,56,59)/b11-8+,20-17+,29-26+. The first-order chi connectivity index (χ1) is 30.0. The van der Waals surface area contributed by atoms with Gasteiger partial charge in [-0.15, -0.1) is 0 Å². The Morgan fingerprint density at radius 2 is 0.885 bits per heavy atom. The first kappa shape index (κ1) is 59.1. The Morgan fingerprint density at radius 1 is 0.492 bits per heavy atom. The van der Waals surface area contributed by atoms with Gasteiger partial charge in [-0.2, -0.15) is 0 Å². The monoisotopic (exact) mass is 858 g/mol. The first-order valence-electron chi connectivity index (χ1n) is 26.7. The van der Waals surface area contributed by atoms with Gasteiger partial charge in [0, 0.05) is 6.42 Å². The first-order valence-corrected chi connectivity index (χ1v) is 26.7. The van der Waals surface area contributed by atoms with E-state index in [2.05, 4.69) is 62.5 Å². The van der Waals surface area contributed by atoms with Crippen LogP contribution in [0.3, 0.4) is 0 Å². The zero-order chi connectivity index (χ0) is 44.5. The van der Waals surface area contributed by atoms with Crippen molar-refractivity contribution in [3.63, 3.8) is 0 Å². The second-order valence-corrected chi connectivity index (χ2v) is 18.3. The second kappa shape index (κ2) is 49.1. The highest BCUT2D eigenvalue weighted by Gasteiger charge is 2.24. The number of hydrogen-bond donors (Lipinski definition) is 3. The summed E-state index contributed by atoms with van der Waals surface area (Å²) in [5.74, 6) is -0.484. The molecule has 3 atom stereocenters. The zero-order valence-corrected chi connectivity index (χ0v) is 40.8. The van der Waals surface area contributed by atoms with Crippen LogP contribution < -0.4 is 5.32 Å². The molecule has 0 saturated heterocycles. The molecule has 3 unspecified atom stereocenters. The number of carbonyl (C=O) groups is 2. The Labute approximate surface area is 379 Å². The fraction of sp³-hybridized carbons (Fsp3) is 0.855. The predicted octanol–water partition coefficient (Wildman–Crippen LogP) is 16.1. The summed E-state index contributed by atoms with van der Waals surface area (Å²) in [6, 6.07) is -0.706. The van der Waals surface area contributed by atoms with Gasteiger partial charge in [0.05, 0.1) is 25.2 Å². The number of nitrogens with one attached hydrogen (secondary N) is 1. The minimum Gasteiger partial charge on any atom is -0.462 e. The van der Waals surface area contributed by atoms with Crippen LogP contribution in [0.2, 0.25) is 0 Å². The smallest absolute Gasteiger partial charge is 0.306 e. The Morgan fingerprint density at radius 3 is 1.34 bits per heavy atom. The van der Waals surface area contributed by atoms with E-state index in [0.29, 0.717) is 19.3 Å². The molecule has 6 nitrogen and oxygen atoms in total. The lowest BCUT2D eigenvalue weighted by Gasteiger charge is -2.24. The molecule has 0 radical (unpaired) electrons. The highest BCUT2D eigenvalue weighted by atomic mass is 16.5. The number of amides is 1. The summed E-state index contributed by atoms with van der Waals surface area (Å²) in [6.45, 7) is 6.39. The molecule has 3 N–H and O–H groups in total. The van der Waals surface area contributed by atoms with E-state index in [0.717, 1.165) is 83.5 Å². The van der Waals surface area contributed by atoms with Gasteiger partial charge in [-0.05, 0) is 57.8 Å². The molecule has 0 aliphatic heterocycles. The number of allylic oxidation sites excluding steroid dienone is 6. The topological polar surface area (TPSA) is 95.9 Å². The van der Waals surface area contributed by atoms with E-state index in [-0.39, 0.29) is 24.9 Å². The second-order valence-electron chi connectivity index (χ2n) is 18.3. The van der Waals surface area contributed by atoms with Gasteiger partial charge in [-0.25, -0.2) is 0 Å². The summed E-state index contributed by atoms with van der Waals surface area (Å²) < 4.78 is 5.93. The number of esters is 1. The SMILES string of the molecule is CC/C=C/C/C=C/C/C=C/CCCCCCC(CC(=O)NC(CO)C(O)CCCCCCCCCCCCCCCCC)OC(=O)CCCCCCCCCCCCCCC. The van der Waals surface area contributed by atoms with E-state index in [1.54, 1.807) is 0 Å². The molecule has 0 heterocycles. The molecule has 0 rings (SSSR count). The minimum absolute atomic E-state index is 0.0665. The molecule has 0 spiro atoms. The molecule has 0 bridgehead atoms. The van der Waals surface area contributed by atoms with Crippen LogP contribution in [-0.4, -0.2) is 46.9 Å². The van der Waals surface area contributed by atoms with Gasteiger partial charge in [0.15, 0.2) is 0 Å². The quantitative estimate of drug-likeness (QED) is 0.0322. The Bertz CT molecular complexity index is 1010. The molecule has 0 aromatic rings. The van der Waals surface area contributed by atoms with E-state index < -0.39 is 18.2 Å². The van der Waals surface area contributed by atoms with Crippen LogP contribution >= 0.6 is 0 Å². The molecule has 61 heavy (non-hydrogen) atoms. The lowest BCUT2D eigenvalue weighted by molar-refractivity contribution is -0.151. The molecule has 0 aliphatic rings. The van der Waals surface area contributed by atoms with Crippen molar-refractivity contribution in [3.8, 4) is 0 Å². The van der Waals surface area contributed by atoms with Gasteiger partial charge in [0.2, 0.25) is 5.91 Å². The maximum absolute atomic E-state index is 13.2. The number of carbonyl (C=O) groups excluding carboxylic acids is 2. The van der Waals surface area contributed by atoms with Gasteiger partial charge >= 0.3 is 5.97 Å². The molecular formula is C55H103NO5. The number of aliphatic hydroxyl groups excluding tert-OH is 2. The van der Waals surface area contributed by atoms with Crippen LogP contribution in [-0.2, 0) is 14.3 Å². The third-order valence-corrected chi connectivity index (χ3v) is 12.2. The van der Waals surface area contributed by atoms with Crippen LogP contribution in [0.15, 0.2) is 36.5 Å². The normalized spacial score (nSPS) is 13.5. The number of unbranched alkanes of at least 4 members (excludes halogenated alkanes) is 30. The molecule has 0 fully saturated rings. The van der Waals surface area contributed by atoms with Gasteiger partial charge in [0.1, 0.15) is 6.10 Å². The Hall–Kier alpha value is -1.92. The summed E-state index contributed by atoms with van der Waals surface area (Å²) in [4.78, 5) is 26.2. The Balaban J connectivity index is 4.56. The van der Waals surface area contributed by atoms with Crippen molar-refractivity contribution in [2.24, 2.45) is 0 Å². The fourth-order valence-corrected chi connectivity index (χ4v) is 8.21. The van der Waals surface area contributed by atoms with Crippen molar-refractivity contribution < 1.29 is 24.5 Å². The van der Waals surface area contributed by atoms with E-state index in [4.69, 9.17) is 4.74 Å². The van der Waals surface area contributed by atoms with Gasteiger partial charge in [-0.3, -0.25) is 9.59 Å². The van der Waals surface area contributed by atoms with E-state index in [1.807, 2.05) is 0 Å². The highest BCUT2D eigenvalue weighted by Crippen LogP contribution is 2.18. The maximum atomic E-state index is 13.2. The lowest BCUT2D eigenvalue weighted by atomic mass is 10.0. The number of rotatable bonds is 48. The van der Waals surface area contributed by atoms with Crippen molar-refractivity contribution in [1.29, 1.82) is 0 Å². The fourth-order valence-electron chi connectivity index (χ4n) is 8.21. The molecule has 0 aliphatic carbocycles. The summed E-state index contributed by atoms with van der Waals surface area (Å²) in [6.07, 6.45) is 57.7. The van der Waals surface area contributed by atoms with Crippen LogP contribution in [0.5, 0.6) is 0 Å².